The van der Waals surface area contributed by atoms with E-state index < -0.39 is 9.85 Å². The van der Waals surface area contributed by atoms with Gasteiger partial charge in [0.2, 0.25) is 0 Å². The third-order valence-electron chi connectivity index (χ3n) is 3.52. The molecule has 2 aromatic carbocycles. The minimum Gasteiger partial charge on any atom is -0.455 e. The first-order valence-electron chi connectivity index (χ1n) is 7.52. The van der Waals surface area contributed by atoms with Crippen molar-refractivity contribution in [3.05, 3.63) is 85.6 Å². The van der Waals surface area contributed by atoms with Crippen molar-refractivity contribution in [2.75, 3.05) is 5.43 Å². The molecule has 0 aliphatic carbocycles. The number of nitrogens with one attached hydrogen (secondary N) is 1. The van der Waals surface area contributed by atoms with Crippen LogP contribution in [0.25, 0.3) is 11.3 Å². The first-order chi connectivity index (χ1) is 12.9. The van der Waals surface area contributed by atoms with Crippen LogP contribution in [-0.4, -0.2) is 16.1 Å². The average Bonchev–Trinajstić information content (AvgIpc) is 3.10. The normalized spacial score (nSPS) is 10.9. The number of halogens is 1. The molecule has 0 fully saturated rings. The third-order valence-corrected chi connectivity index (χ3v) is 3.83. The van der Waals surface area contributed by atoms with Crippen molar-refractivity contribution < 1.29 is 14.3 Å². The van der Waals surface area contributed by atoms with E-state index in [0.29, 0.717) is 22.8 Å². The molecule has 27 heavy (non-hydrogen) atoms. The Bertz CT molecular complexity index is 1030. The number of furan rings is 1. The molecule has 1 aromatic heterocycles. The van der Waals surface area contributed by atoms with Gasteiger partial charge in [-0.25, -0.2) is 0 Å². The smallest absolute Gasteiger partial charge is 0.270 e. The first kappa shape index (κ1) is 18.1. The quantitative estimate of drug-likeness (QED) is 0.366. The third kappa shape index (κ3) is 4.28. The fourth-order valence-electron chi connectivity index (χ4n) is 2.21. The second-order valence-corrected chi connectivity index (χ2v) is 5.70. The number of hydrazone groups is 1. The van der Waals surface area contributed by atoms with Crippen molar-refractivity contribution in [2.45, 2.75) is 0 Å². The zero-order chi connectivity index (χ0) is 19.4. The van der Waals surface area contributed by atoms with Gasteiger partial charge in [-0.15, -0.1) is 0 Å². The lowest BCUT2D eigenvalue weighted by atomic mass is 10.1. The Hall–Kier alpha value is -3.72. The topological polar surface area (TPSA) is 124 Å². The van der Waals surface area contributed by atoms with Gasteiger partial charge in [0, 0.05) is 29.8 Å². The standard InChI is InChI=1S/C17H11ClN4O5/c18-16-9-13(22(25)26)5-7-15(16)17-8-6-14(27-17)10-19-20-11-1-3-12(4-2-11)21(23)24/h1-10,20H. The predicted octanol–water partition coefficient (Wildman–Crippen LogP) is 4.86. The monoisotopic (exact) mass is 386 g/mol. The van der Waals surface area contributed by atoms with Crippen LogP contribution in [-0.2, 0) is 0 Å². The highest BCUT2D eigenvalue weighted by atomic mass is 35.5. The SMILES string of the molecule is O=[N+]([O-])c1ccc(NN=Cc2ccc(-c3ccc([N+](=O)[O-])cc3Cl)o2)cc1. The number of rotatable bonds is 6. The lowest BCUT2D eigenvalue weighted by Crippen LogP contribution is -1.91. The lowest BCUT2D eigenvalue weighted by molar-refractivity contribution is -0.385. The number of hydrogen-bond donors (Lipinski definition) is 1. The summed E-state index contributed by atoms with van der Waals surface area (Å²) in [6.07, 6.45) is 1.42. The van der Waals surface area contributed by atoms with Gasteiger partial charge in [-0.05, 0) is 30.3 Å². The molecular formula is C17H11ClN4O5. The Labute approximate surface area is 157 Å². The second-order valence-electron chi connectivity index (χ2n) is 5.30. The molecule has 0 amide bonds. The summed E-state index contributed by atoms with van der Waals surface area (Å²) in [4.78, 5) is 20.4. The summed E-state index contributed by atoms with van der Waals surface area (Å²) < 4.78 is 5.61. The molecule has 3 rings (SSSR count). The zero-order valence-electron chi connectivity index (χ0n) is 13.5. The maximum Gasteiger partial charge on any atom is 0.270 e. The van der Waals surface area contributed by atoms with Crippen LogP contribution in [0.15, 0.2) is 64.1 Å². The van der Waals surface area contributed by atoms with Crippen molar-refractivity contribution in [3.8, 4) is 11.3 Å². The molecule has 0 aliphatic heterocycles. The maximum absolute atomic E-state index is 10.8. The summed E-state index contributed by atoms with van der Waals surface area (Å²) in [5.74, 6) is 0.862. The van der Waals surface area contributed by atoms with E-state index in [4.69, 9.17) is 16.0 Å². The molecule has 0 bridgehead atoms. The highest BCUT2D eigenvalue weighted by molar-refractivity contribution is 6.33. The van der Waals surface area contributed by atoms with E-state index in [0.717, 1.165) is 0 Å². The summed E-state index contributed by atoms with van der Waals surface area (Å²) in [6, 6.07) is 13.2. The zero-order valence-corrected chi connectivity index (χ0v) is 14.3. The second kappa shape index (κ2) is 7.67. The molecule has 0 saturated heterocycles. The van der Waals surface area contributed by atoms with Crippen LogP contribution in [0, 0.1) is 20.2 Å². The molecule has 1 N–H and O–H groups in total. The van der Waals surface area contributed by atoms with E-state index in [1.807, 2.05) is 0 Å². The van der Waals surface area contributed by atoms with Crippen LogP contribution in [0.1, 0.15) is 5.76 Å². The number of hydrogen-bond acceptors (Lipinski definition) is 7. The summed E-state index contributed by atoms with van der Waals surface area (Å²) in [5.41, 5.74) is 3.69. The molecule has 0 unspecified atom stereocenters. The van der Waals surface area contributed by atoms with Crippen molar-refractivity contribution in [3.63, 3.8) is 0 Å². The van der Waals surface area contributed by atoms with E-state index >= 15 is 0 Å². The fourth-order valence-corrected chi connectivity index (χ4v) is 2.48. The van der Waals surface area contributed by atoms with Gasteiger partial charge in [-0.3, -0.25) is 25.7 Å². The molecule has 0 spiro atoms. The van der Waals surface area contributed by atoms with Crippen LogP contribution in [0.3, 0.4) is 0 Å². The molecule has 3 aromatic rings. The molecule has 0 aliphatic rings. The lowest BCUT2D eigenvalue weighted by Gasteiger charge is -2.00. The largest absolute Gasteiger partial charge is 0.455 e. The molecular weight excluding hydrogens is 376 g/mol. The van der Waals surface area contributed by atoms with E-state index in [2.05, 4.69) is 10.5 Å². The number of nitrogens with zero attached hydrogens (tertiary/aromatic N) is 3. The Balaban J connectivity index is 1.69. The van der Waals surface area contributed by atoms with Gasteiger partial charge in [-0.2, -0.15) is 5.10 Å². The van der Waals surface area contributed by atoms with Crippen molar-refractivity contribution >= 4 is 34.9 Å². The molecule has 10 heteroatoms. The summed E-state index contributed by atoms with van der Waals surface area (Å²) in [5, 5.41) is 25.6. The van der Waals surface area contributed by atoms with E-state index in [1.54, 1.807) is 12.1 Å². The number of non-ortho nitro benzene ring substituents is 2. The first-order valence-corrected chi connectivity index (χ1v) is 7.89. The van der Waals surface area contributed by atoms with Crippen molar-refractivity contribution in [1.29, 1.82) is 0 Å². The van der Waals surface area contributed by atoms with E-state index in [9.17, 15) is 20.2 Å². The van der Waals surface area contributed by atoms with E-state index in [-0.39, 0.29) is 16.4 Å². The van der Waals surface area contributed by atoms with Crippen LogP contribution >= 0.6 is 11.6 Å². The molecule has 1 heterocycles. The van der Waals surface area contributed by atoms with Crippen molar-refractivity contribution in [2.24, 2.45) is 5.10 Å². The molecule has 0 saturated carbocycles. The number of benzene rings is 2. The summed E-state index contributed by atoms with van der Waals surface area (Å²) in [7, 11) is 0. The van der Waals surface area contributed by atoms with Crippen LogP contribution in [0.5, 0.6) is 0 Å². The Morgan fingerprint density at radius 3 is 2.26 bits per heavy atom. The number of nitro benzene ring substituents is 2. The average molecular weight is 387 g/mol. The molecule has 136 valence electrons. The Morgan fingerprint density at radius 1 is 0.963 bits per heavy atom. The van der Waals surface area contributed by atoms with Crippen molar-refractivity contribution in [1.82, 2.24) is 0 Å². The minimum absolute atomic E-state index is 0.0137. The van der Waals surface area contributed by atoms with Gasteiger partial charge in [0.05, 0.1) is 26.8 Å². The molecule has 0 radical (unpaired) electrons. The van der Waals surface area contributed by atoms with Gasteiger partial charge in [-0.1, -0.05) is 11.6 Å². The highest BCUT2D eigenvalue weighted by Gasteiger charge is 2.13. The minimum atomic E-state index is -0.528. The van der Waals surface area contributed by atoms with Gasteiger partial charge in [0.1, 0.15) is 11.5 Å². The maximum atomic E-state index is 10.8. The predicted molar refractivity (Wildman–Crippen MR) is 100 cm³/mol. The van der Waals surface area contributed by atoms with Gasteiger partial charge in [0.15, 0.2) is 0 Å². The Morgan fingerprint density at radius 2 is 1.63 bits per heavy atom. The van der Waals surface area contributed by atoms with Crippen LogP contribution < -0.4 is 5.43 Å². The Kier molecular flexibility index (Phi) is 5.13. The summed E-state index contributed by atoms with van der Waals surface area (Å²) >= 11 is 6.08. The molecule has 9 nitrogen and oxygen atoms in total. The highest BCUT2D eigenvalue weighted by Crippen LogP contribution is 2.32. The summed E-state index contributed by atoms with van der Waals surface area (Å²) in [6.45, 7) is 0. The molecule has 0 atom stereocenters. The number of anilines is 1. The fraction of sp³-hybridized carbons (Fsp3) is 0. The van der Waals surface area contributed by atoms with Crippen LogP contribution in [0.2, 0.25) is 5.02 Å². The van der Waals surface area contributed by atoms with Gasteiger partial charge < -0.3 is 4.42 Å². The van der Waals surface area contributed by atoms with Gasteiger partial charge >= 0.3 is 0 Å². The van der Waals surface area contributed by atoms with Crippen LogP contribution in [0.4, 0.5) is 17.1 Å². The number of nitro groups is 2. The van der Waals surface area contributed by atoms with Gasteiger partial charge in [0.25, 0.3) is 11.4 Å². The van der Waals surface area contributed by atoms with E-state index in [1.165, 1.54) is 48.7 Å².